The molecule has 0 bridgehead atoms. The van der Waals surface area contributed by atoms with E-state index in [1.807, 2.05) is 20.8 Å². The Balaban J connectivity index is 5.26. The third-order valence-electron chi connectivity index (χ3n) is 1.85. The van der Waals surface area contributed by atoms with Crippen LogP contribution in [0.25, 0.3) is 0 Å². The molecule has 0 aliphatic rings. The van der Waals surface area contributed by atoms with Gasteiger partial charge in [-0.2, -0.15) is 0 Å². The van der Waals surface area contributed by atoms with Gasteiger partial charge in [0.2, 0.25) is 0 Å². The van der Waals surface area contributed by atoms with Gasteiger partial charge in [-0.3, -0.25) is 4.99 Å². The van der Waals surface area contributed by atoms with Gasteiger partial charge in [0.05, 0.1) is 0 Å². The molecule has 0 aliphatic heterocycles. The molecule has 0 aromatic heterocycles. The Morgan fingerprint density at radius 3 is 2.40 bits per heavy atom. The summed E-state index contributed by atoms with van der Waals surface area (Å²) in [5.41, 5.74) is 13.6. The Morgan fingerprint density at radius 1 is 1.47 bits per heavy atom. The molecule has 0 radical (unpaired) electrons. The smallest absolute Gasteiger partial charge is 0.0446 e. The van der Waals surface area contributed by atoms with Crippen molar-refractivity contribution in [2.24, 2.45) is 16.5 Å². The molecule has 0 aromatic rings. The van der Waals surface area contributed by atoms with Crippen LogP contribution in [0.2, 0.25) is 0 Å². The van der Waals surface area contributed by atoms with Crippen LogP contribution < -0.4 is 11.5 Å². The number of allylic oxidation sites excluding steroid dienone is 3. The largest absolute Gasteiger partial charge is 0.405 e. The standard InChI is InChI=1S/C12H21N3/c1-5-10(11(14)7-8-13)12(6-2)15-9(3)4/h5,7-9H,1,6,13-14H2,2-4H3. The highest BCUT2D eigenvalue weighted by Crippen LogP contribution is 2.09. The first-order chi connectivity index (χ1) is 7.06. The molecule has 4 N–H and O–H groups in total. The van der Waals surface area contributed by atoms with Crippen LogP contribution in [0, 0.1) is 0 Å². The van der Waals surface area contributed by atoms with Gasteiger partial charge in [0.15, 0.2) is 0 Å². The summed E-state index contributed by atoms with van der Waals surface area (Å²) in [6.45, 7) is 9.86. The zero-order valence-corrected chi connectivity index (χ0v) is 9.83. The highest BCUT2D eigenvalue weighted by molar-refractivity contribution is 6.03. The minimum absolute atomic E-state index is 0.254. The zero-order valence-electron chi connectivity index (χ0n) is 9.83. The molecule has 0 atom stereocenters. The Morgan fingerprint density at radius 2 is 2.07 bits per heavy atom. The summed E-state index contributed by atoms with van der Waals surface area (Å²) in [6.07, 6.45) is 5.63. The molecule has 3 nitrogen and oxygen atoms in total. The lowest BCUT2D eigenvalue weighted by Gasteiger charge is -2.09. The van der Waals surface area contributed by atoms with Crippen LogP contribution in [0.5, 0.6) is 0 Å². The summed E-state index contributed by atoms with van der Waals surface area (Å²) in [6, 6.07) is 0.254. The molecule has 0 fully saturated rings. The predicted molar refractivity (Wildman–Crippen MR) is 67.6 cm³/mol. The number of aliphatic imine (C=N–C) groups is 1. The Bertz CT molecular complexity index is 296. The van der Waals surface area contributed by atoms with Crippen molar-refractivity contribution in [3.63, 3.8) is 0 Å². The number of nitrogens with two attached hydrogens (primary N) is 2. The normalized spacial score (nSPS) is 14.5. The van der Waals surface area contributed by atoms with Crippen molar-refractivity contribution < 1.29 is 0 Å². The summed E-state index contributed by atoms with van der Waals surface area (Å²) < 4.78 is 0. The van der Waals surface area contributed by atoms with Crippen molar-refractivity contribution >= 4 is 5.71 Å². The molecule has 0 saturated heterocycles. The first-order valence-electron chi connectivity index (χ1n) is 5.14. The SMILES string of the molecule is C=CC(C(CC)=NC(C)C)=C(N)C=CN. The van der Waals surface area contributed by atoms with E-state index < -0.39 is 0 Å². The second-order valence-electron chi connectivity index (χ2n) is 3.46. The van der Waals surface area contributed by atoms with Crippen LogP contribution >= 0.6 is 0 Å². The van der Waals surface area contributed by atoms with Gasteiger partial charge >= 0.3 is 0 Å². The summed E-state index contributed by atoms with van der Waals surface area (Å²) in [5.74, 6) is 0. The fraction of sp³-hybridized carbons (Fsp3) is 0.417. The van der Waals surface area contributed by atoms with Crippen molar-refractivity contribution in [2.75, 3.05) is 0 Å². The summed E-state index contributed by atoms with van der Waals surface area (Å²) >= 11 is 0. The first-order valence-corrected chi connectivity index (χ1v) is 5.14. The van der Waals surface area contributed by atoms with Crippen molar-refractivity contribution in [3.05, 3.63) is 36.2 Å². The molecule has 3 heteroatoms. The van der Waals surface area contributed by atoms with E-state index in [4.69, 9.17) is 11.5 Å². The summed E-state index contributed by atoms with van der Waals surface area (Å²) in [7, 11) is 0. The Labute approximate surface area is 92.3 Å². The lowest BCUT2D eigenvalue weighted by molar-refractivity contribution is 0.831. The van der Waals surface area contributed by atoms with Crippen LogP contribution in [-0.2, 0) is 0 Å². The van der Waals surface area contributed by atoms with Gasteiger partial charge in [0.25, 0.3) is 0 Å². The molecule has 0 saturated carbocycles. The van der Waals surface area contributed by atoms with Gasteiger partial charge in [-0.25, -0.2) is 0 Å². The summed E-state index contributed by atoms with van der Waals surface area (Å²) in [4.78, 5) is 4.50. The second-order valence-corrected chi connectivity index (χ2v) is 3.46. The Kier molecular flexibility index (Phi) is 6.18. The van der Waals surface area contributed by atoms with Crippen LogP contribution in [0.1, 0.15) is 27.2 Å². The van der Waals surface area contributed by atoms with E-state index in [9.17, 15) is 0 Å². The highest BCUT2D eigenvalue weighted by atomic mass is 14.8. The molecule has 0 spiro atoms. The Hall–Kier alpha value is -1.51. The van der Waals surface area contributed by atoms with E-state index in [1.54, 1.807) is 12.2 Å². The van der Waals surface area contributed by atoms with Crippen molar-refractivity contribution in [2.45, 2.75) is 33.2 Å². The van der Waals surface area contributed by atoms with Crippen LogP contribution in [0.15, 0.2) is 41.2 Å². The number of rotatable bonds is 5. The second kappa shape index (κ2) is 6.87. The lowest BCUT2D eigenvalue weighted by atomic mass is 10.1. The van der Waals surface area contributed by atoms with Crippen LogP contribution in [-0.4, -0.2) is 11.8 Å². The monoisotopic (exact) mass is 207 g/mol. The van der Waals surface area contributed by atoms with Gasteiger partial charge < -0.3 is 11.5 Å². The van der Waals surface area contributed by atoms with E-state index in [1.165, 1.54) is 6.20 Å². The molecule has 0 aromatic carbocycles. The third kappa shape index (κ3) is 4.49. The van der Waals surface area contributed by atoms with Gasteiger partial charge in [0, 0.05) is 23.0 Å². The fourth-order valence-electron chi connectivity index (χ4n) is 1.26. The van der Waals surface area contributed by atoms with Gasteiger partial charge in [0.1, 0.15) is 0 Å². The average Bonchev–Trinajstić information content (AvgIpc) is 2.17. The molecule has 15 heavy (non-hydrogen) atoms. The minimum Gasteiger partial charge on any atom is -0.405 e. The first kappa shape index (κ1) is 13.5. The quantitative estimate of drug-likeness (QED) is 0.535. The van der Waals surface area contributed by atoms with Gasteiger partial charge in [-0.1, -0.05) is 19.6 Å². The molecule has 0 rings (SSSR count). The summed E-state index contributed by atoms with van der Waals surface area (Å²) in [5, 5.41) is 0. The zero-order chi connectivity index (χ0) is 11.8. The molecule has 0 amide bonds. The van der Waals surface area contributed by atoms with Crippen molar-refractivity contribution in [1.82, 2.24) is 0 Å². The molecule has 0 heterocycles. The van der Waals surface area contributed by atoms with Gasteiger partial charge in [-0.15, -0.1) is 0 Å². The van der Waals surface area contributed by atoms with E-state index >= 15 is 0 Å². The van der Waals surface area contributed by atoms with E-state index in [2.05, 4.69) is 11.6 Å². The number of nitrogens with zero attached hydrogens (tertiary/aromatic N) is 1. The van der Waals surface area contributed by atoms with Crippen LogP contribution in [0.3, 0.4) is 0 Å². The van der Waals surface area contributed by atoms with E-state index in [0.29, 0.717) is 5.70 Å². The maximum absolute atomic E-state index is 5.85. The molecule has 84 valence electrons. The molecular formula is C12H21N3. The number of hydrogen-bond acceptors (Lipinski definition) is 3. The van der Waals surface area contributed by atoms with E-state index in [-0.39, 0.29) is 6.04 Å². The van der Waals surface area contributed by atoms with E-state index in [0.717, 1.165) is 17.7 Å². The van der Waals surface area contributed by atoms with Crippen molar-refractivity contribution in [3.8, 4) is 0 Å². The fourth-order valence-corrected chi connectivity index (χ4v) is 1.26. The maximum Gasteiger partial charge on any atom is 0.0446 e. The van der Waals surface area contributed by atoms with Crippen molar-refractivity contribution in [1.29, 1.82) is 0 Å². The minimum atomic E-state index is 0.254. The molecule has 0 unspecified atom stereocenters. The predicted octanol–water partition coefficient (Wildman–Crippen LogP) is 2.12. The molecule has 0 aliphatic carbocycles. The molecular weight excluding hydrogens is 186 g/mol. The maximum atomic E-state index is 5.85. The topological polar surface area (TPSA) is 64.4 Å². The number of hydrogen-bond donors (Lipinski definition) is 2. The average molecular weight is 207 g/mol. The lowest BCUT2D eigenvalue weighted by Crippen LogP contribution is -2.10. The van der Waals surface area contributed by atoms with Gasteiger partial charge in [-0.05, 0) is 32.5 Å². The van der Waals surface area contributed by atoms with Crippen LogP contribution in [0.4, 0.5) is 0 Å². The third-order valence-corrected chi connectivity index (χ3v) is 1.85. The highest BCUT2D eigenvalue weighted by Gasteiger charge is 2.05.